The van der Waals surface area contributed by atoms with Crippen molar-refractivity contribution >= 4 is 17.9 Å². The summed E-state index contributed by atoms with van der Waals surface area (Å²) in [5.74, 6) is -0.998. The van der Waals surface area contributed by atoms with Crippen LogP contribution in [0.4, 0.5) is 0 Å². The summed E-state index contributed by atoms with van der Waals surface area (Å²) in [6, 6.07) is 0. The lowest BCUT2D eigenvalue weighted by atomic mass is 10.1. The van der Waals surface area contributed by atoms with Gasteiger partial charge in [0.15, 0.2) is 6.10 Å². The molecule has 0 bridgehead atoms. The van der Waals surface area contributed by atoms with Crippen LogP contribution in [0.1, 0.15) is 233 Å². The average molecular weight is 915 g/mol. The number of unbranched alkanes of at least 4 members (excludes halogenated alkanes) is 22. The van der Waals surface area contributed by atoms with Gasteiger partial charge in [0.25, 0.3) is 0 Å². The number of ether oxygens (including phenoxy) is 3. The Bertz CT molecular complexity index is 1370. The van der Waals surface area contributed by atoms with Crippen molar-refractivity contribution in [3.8, 4) is 0 Å². The van der Waals surface area contributed by atoms with Gasteiger partial charge in [0.2, 0.25) is 0 Å². The van der Waals surface area contributed by atoms with Crippen molar-refractivity contribution < 1.29 is 28.6 Å². The molecule has 0 radical (unpaired) electrons. The first-order valence-electron chi connectivity index (χ1n) is 27.0. The quantitative estimate of drug-likeness (QED) is 0.0199. The first-order chi connectivity index (χ1) is 32.5. The van der Waals surface area contributed by atoms with Gasteiger partial charge < -0.3 is 14.2 Å². The minimum absolute atomic E-state index is 0.108. The van der Waals surface area contributed by atoms with Crippen LogP contribution in [0.15, 0.2) is 109 Å². The van der Waals surface area contributed by atoms with Crippen molar-refractivity contribution in [3.05, 3.63) is 109 Å². The molecule has 0 saturated carbocycles. The van der Waals surface area contributed by atoms with E-state index in [0.29, 0.717) is 12.8 Å². The van der Waals surface area contributed by atoms with Crippen molar-refractivity contribution in [2.24, 2.45) is 0 Å². The number of carbonyl (C=O) groups is 3. The Balaban J connectivity index is 4.46. The largest absolute Gasteiger partial charge is 0.462 e. The van der Waals surface area contributed by atoms with Gasteiger partial charge in [-0.05, 0) is 89.9 Å². The number of esters is 3. The van der Waals surface area contributed by atoms with Crippen LogP contribution in [-0.4, -0.2) is 37.2 Å². The molecule has 0 saturated heterocycles. The van der Waals surface area contributed by atoms with E-state index in [9.17, 15) is 14.4 Å². The maximum atomic E-state index is 12.8. The number of allylic oxidation sites excluding steroid dienone is 18. The SMILES string of the molecule is CC/C=C\C/C=C\C/C=C\CCCC(=O)OCC(COC(=O)CCCCCCCCC/C=C\CCCCCCCCCC)OC(=O)CCCCCCC\C=C/C=C\C=C/C=C\C=C/CCC. The predicted molar refractivity (Wildman–Crippen MR) is 283 cm³/mol. The topological polar surface area (TPSA) is 78.9 Å². The molecule has 1 atom stereocenters. The lowest BCUT2D eigenvalue weighted by molar-refractivity contribution is -0.167. The van der Waals surface area contributed by atoms with Crippen molar-refractivity contribution in [2.45, 2.75) is 239 Å². The second-order valence-corrected chi connectivity index (χ2v) is 17.5. The summed E-state index contributed by atoms with van der Waals surface area (Å²) in [7, 11) is 0. The standard InChI is InChI=1S/C60H98O6/c1-4-7-10-13-16-19-22-24-26-28-30-32-33-35-38-41-44-47-50-53-59(62)65-56-57(55-64-58(61)52-49-46-43-40-37-21-18-15-12-9-6-3)66-60(63)54-51-48-45-42-39-36-34-31-29-27-25-23-20-17-14-11-8-5-2/h9,11-12,14,17-18,20-21,23,25,27-31,34,40,43,57H,4-8,10,13,15-16,19,22,24,26,32-33,35-39,41-42,44-56H2,1-3H3/b12-9-,14-11-,20-17-,21-18-,25-23-,29-27-,30-28-,34-31-,43-40-. The highest BCUT2D eigenvalue weighted by Gasteiger charge is 2.19. The number of rotatable bonds is 47. The molecule has 0 rings (SSSR count). The molecule has 0 N–H and O–H groups in total. The highest BCUT2D eigenvalue weighted by atomic mass is 16.6. The Hall–Kier alpha value is -3.93. The van der Waals surface area contributed by atoms with E-state index in [4.69, 9.17) is 14.2 Å². The van der Waals surface area contributed by atoms with Crippen LogP contribution in [-0.2, 0) is 28.6 Å². The van der Waals surface area contributed by atoms with E-state index >= 15 is 0 Å². The smallest absolute Gasteiger partial charge is 0.306 e. The third kappa shape index (κ3) is 51.1. The third-order valence-electron chi connectivity index (χ3n) is 11.1. The summed E-state index contributed by atoms with van der Waals surface area (Å²) in [5.41, 5.74) is 0. The molecule has 0 heterocycles. The molecule has 0 fully saturated rings. The normalized spacial score (nSPS) is 13.0. The number of hydrogen-bond acceptors (Lipinski definition) is 6. The Morgan fingerprint density at radius 1 is 0.333 bits per heavy atom. The minimum Gasteiger partial charge on any atom is -0.462 e. The highest BCUT2D eigenvalue weighted by molar-refractivity contribution is 5.71. The van der Waals surface area contributed by atoms with E-state index in [1.807, 2.05) is 36.5 Å². The van der Waals surface area contributed by atoms with E-state index in [1.54, 1.807) is 0 Å². The Labute approximate surface area is 406 Å². The molecule has 374 valence electrons. The van der Waals surface area contributed by atoms with Gasteiger partial charge in [-0.1, -0.05) is 233 Å². The molecule has 66 heavy (non-hydrogen) atoms. The summed E-state index contributed by atoms with van der Waals surface area (Å²) in [6.45, 7) is 6.35. The fourth-order valence-corrected chi connectivity index (χ4v) is 7.08. The molecule has 0 aromatic carbocycles. The average Bonchev–Trinajstić information content (AvgIpc) is 3.31. The maximum absolute atomic E-state index is 12.8. The van der Waals surface area contributed by atoms with E-state index in [-0.39, 0.29) is 44.0 Å². The second-order valence-electron chi connectivity index (χ2n) is 17.5. The van der Waals surface area contributed by atoms with Crippen LogP contribution < -0.4 is 0 Å². The first-order valence-corrected chi connectivity index (χ1v) is 27.0. The molecule has 6 heteroatoms. The zero-order valence-electron chi connectivity index (χ0n) is 42.7. The van der Waals surface area contributed by atoms with Gasteiger partial charge in [0.1, 0.15) is 13.2 Å². The van der Waals surface area contributed by atoms with E-state index in [1.165, 1.54) is 96.3 Å². The fourth-order valence-electron chi connectivity index (χ4n) is 7.08. The molecular weight excluding hydrogens is 817 g/mol. The summed E-state index contributed by atoms with van der Waals surface area (Å²) in [6.07, 6.45) is 72.2. The first kappa shape index (κ1) is 62.1. The molecule has 0 aliphatic carbocycles. The van der Waals surface area contributed by atoms with Crippen molar-refractivity contribution in [1.82, 2.24) is 0 Å². The molecule has 0 amide bonds. The van der Waals surface area contributed by atoms with Gasteiger partial charge in [0, 0.05) is 19.3 Å². The predicted octanol–water partition coefficient (Wildman–Crippen LogP) is 17.9. The van der Waals surface area contributed by atoms with E-state index in [0.717, 1.165) is 89.9 Å². The lowest BCUT2D eigenvalue weighted by Crippen LogP contribution is -2.30. The van der Waals surface area contributed by atoms with Crippen molar-refractivity contribution in [1.29, 1.82) is 0 Å². The van der Waals surface area contributed by atoms with E-state index in [2.05, 4.69) is 93.7 Å². The summed E-state index contributed by atoms with van der Waals surface area (Å²) < 4.78 is 16.7. The second kappa shape index (κ2) is 53.7. The highest BCUT2D eigenvalue weighted by Crippen LogP contribution is 2.14. The molecule has 1 unspecified atom stereocenters. The van der Waals surface area contributed by atoms with Crippen LogP contribution >= 0.6 is 0 Å². The van der Waals surface area contributed by atoms with Gasteiger partial charge in [-0.3, -0.25) is 14.4 Å². The van der Waals surface area contributed by atoms with Crippen LogP contribution in [0, 0.1) is 0 Å². The van der Waals surface area contributed by atoms with Gasteiger partial charge in [-0.2, -0.15) is 0 Å². The van der Waals surface area contributed by atoms with Gasteiger partial charge in [0.05, 0.1) is 0 Å². The van der Waals surface area contributed by atoms with Crippen molar-refractivity contribution in [3.63, 3.8) is 0 Å². The summed E-state index contributed by atoms with van der Waals surface area (Å²) in [4.78, 5) is 38.0. The van der Waals surface area contributed by atoms with Gasteiger partial charge >= 0.3 is 17.9 Å². The molecule has 0 spiro atoms. The monoisotopic (exact) mass is 915 g/mol. The third-order valence-corrected chi connectivity index (χ3v) is 11.1. The Kier molecular flexibility index (Phi) is 50.5. The van der Waals surface area contributed by atoms with Crippen LogP contribution in [0.25, 0.3) is 0 Å². The lowest BCUT2D eigenvalue weighted by Gasteiger charge is -2.18. The number of hydrogen-bond donors (Lipinski definition) is 0. The zero-order valence-corrected chi connectivity index (χ0v) is 42.7. The zero-order chi connectivity index (χ0) is 47.9. The summed E-state index contributed by atoms with van der Waals surface area (Å²) >= 11 is 0. The molecule has 0 aromatic rings. The number of carbonyl (C=O) groups excluding carboxylic acids is 3. The van der Waals surface area contributed by atoms with Gasteiger partial charge in [-0.15, -0.1) is 0 Å². The Morgan fingerprint density at radius 3 is 1.20 bits per heavy atom. The maximum Gasteiger partial charge on any atom is 0.306 e. The molecule has 6 nitrogen and oxygen atoms in total. The molecule has 0 aliphatic heterocycles. The fraction of sp³-hybridized carbons (Fsp3) is 0.650. The molecule has 0 aliphatic rings. The van der Waals surface area contributed by atoms with Gasteiger partial charge in [-0.25, -0.2) is 0 Å². The summed E-state index contributed by atoms with van der Waals surface area (Å²) in [5, 5.41) is 0. The molecular formula is C60H98O6. The van der Waals surface area contributed by atoms with Crippen LogP contribution in [0.2, 0.25) is 0 Å². The minimum atomic E-state index is -0.815. The molecule has 0 aromatic heterocycles. The van der Waals surface area contributed by atoms with Crippen LogP contribution in [0.3, 0.4) is 0 Å². The van der Waals surface area contributed by atoms with Crippen LogP contribution in [0.5, 0.6) is 0 Å². The van der Waals surface area contributed by atoms with E-state index < -0.39 is 6.10 Å². The van der Waals surface area contributed by atoms with Crippen molar-refractivity contribution in [2.75, 3.05) is 13.2 Å². The Morgan fingerprint density at radius 2 is 0.697 bits per heavy atom.